The Kier molecular flexibility index (Phi) is 4.16. The number of aliphatic hydroxyl groups is 1. The highest BCUT2D eigenvalue weighted by Gasteiger charge is 2.22. The van der Waals surface area contributed by atoms with Crippen molar-refractivity contribution in [1.29, 1.82) is 0 Å². The van der Waals surface area contributed by atoms with Crippen LogP contribution in [0.25, 0.3) is 10.4 Å². The lowest BCUT2D eigenvalue weighted by atomic mass is 9.94. The van der Waals surface area contributed by atoms with Crippen LogP contribution in [-0.2, 0) is 0 Å². The van der Waals surface area contributed by atoms with Crippen LogP contribution in [0.15, 0.2) is 35.4 Å². The van der Waals surface area contributed by atoms with Gasteiger partial charge >= 0.3 is 0 Å². The normalized spacial score (nSPS) is 14.4. The number of nitrogens with zero attached hydrogens (tertiary/aromatic N) is 3. The van der Waals surface area contributed by atoms with Crippen LogP contribution in [0.1, 0.15) is 25.5 Å². The smallest absolute Gasteiger partial charge is 0.0877 e. The summed E-state index contributed by atoms with van der Waals surface area (Å²) in [5, 5.41) is 13.6. The maximum Gasteiger partial charge on any atom is 0.0877 e. The summed E-state index contributed by atoms with van der Waals surface area (Å²) in [5.74, 6) is 0.108. The molecule has 1 aromatic rings. The van der Waals surface area contributed by atoms with Crippen LogP contribution in [0.3, 0.4) is 0 Å². The second-order valence-corrected chi connectivity index (χ2v) is 3.80. The van der Waals surface area contributed by atoms with Gasteiger partial charge in [-0.05, 0) is 17.0 Å². The second-order valence-electron chi connectivity index (χ2n) is 3.80. The Morgan fingerprint density at radius 2 is 1.87 bits per heavy atom. The molecule has 0 saturated heterocycles. The monoisotopic (exact) mass is 205 g/mol. The molecule has 1 rings (SSSR count). The zero-order valence-electron chi connectivity index (χ0n) is 8.91. The molecule has 1 aromatic carbocycles. The minimum absolute atomic E-state index is 0.108. The summed E-state index contributed by atoms with van der Waals surface area (Å²) in [5.41, 5.74) is 9.21. The summed E-state index contributed by atoms with van der Waals surface area (Å²) in [6.45, 7) is 3.84. The van der Waals surface area contributed by atoms with Crippen LogP contribution in [0.2, 0.25) is 0 Å². The highest BCUT2D eigenvalue weighted by atomic mass is 16.3. The molecule has 0 bridgehead atoms. The maximum absolute atomic E-state index is 10.0. The van der Waals surface area contributed by atoms with E-state index >= 15 is 0 Å². The van der Waals surface area contributed by atoms with E-state index in [1.165, 1.54) is 0 Å². The van der Waals surface area contributed by atoms with Gasteiger partial charge in [0.05, 0.1) is 12.1 Å². The Balaban J connectivity index is 2.90. The second kappa shape index (κ2) is 5.39. The molecular weight excluding hydrogens is 190 g/mol. The molecule has 0 aliphatic rings. The van der Waals surface area contributed by atoms with E-state index in [1.807, 2.05) is 44.2 Å². The highest BCUT2D eigenvalue weighted by molar-refractivity contribution is 5.19. The van der Waals surface area contributed by atoms with Crippen molar-refractivity contribution in [2.75, 3.05) is 0 Å². The van der Waals surface area contributed by atoms with E-state index in [2.05, 4.69) is 10.0 Å². The predicted molar refractivity (Wildman–Crippen MR) is 59.2 cm³/mol. The zero-order chi connectivity index (χ0) is 11.3. The fourth-order valence-corrected chi connectivity index (χ4v) is 1.47. The van der Waals surface area contributed by atoms with Gasteiger partial charge in [-0.25, -0.2) is 0 Å². The van der Waals surface area contributed by atoms with Gasteiger partial charge in [0.1, 0.15) is 0 Å². The molecule has 0 fully saturated rings. The molecule has 0 saturated carbocycles. The van der Waals surface area contributed by atoms with E-state index in [0.717, 1.165) is 5.56 Å². The summed E-state index contributed by atoms with van der Waals surface area (Å²) in [6.07, 6.45) is -0.734. The van der Waals surface area contributed by atoms with Gasteiger partial charge in [0.15, 0.2) is 0 Å². The molecule has 80 valence electrons. The van der Waals surface area contributed by atoms with Crippen molar-refractivity contribution in [2.45, 2.75) is 26.0 Å². The van der Waals surface area contributed by atoms with Crippen molar-refractivity contribution in [3.63, 3.8) is 0 Å². The number of azide groups is 1. The Morgan fingerprint density at radius 1 is 1.27 bits per heavy atom. The molecule has 4 heteroatoms. The molecule has 1 N–H and O–H groups in total. The minimum atomic E-state index is -0.734. The first-order chi connectivity index (χ1) is 7.16. The molecule has 0 amide bonds. The van der Waals surface area contributed by atoms with E-state index in [4.69, 9.17) is 5.53 Å². The van der Waals surface area contributed by atoms with Crippen LogP contribution < -0.4 is 0 Å². The zero-order valence-corrected chi connectivity index (χ0v) is 8.91. The van der Waals surface area contributed by atoms with Crippen molar-refractivity contribution in [1.82, 2.24) is 0 Å². The first kappa shape index (κ1) is 11.6. The first-order valence-corrected chi connectivity index (χ1v) is 4.94. The van der Waals surface area contributed by atoms with Crippen molar-refractivity contribution < 1.29 is 5.11 Å². The van der Waals surface area contributed by atoms with Gasteiger partial charge in [-0.3, -0.25) is 0 Å². The Bertz CT molecular complexity index is 344. The van der Waals surface area contributed by atoms with Crippen LogP contribution in [-0.4, -0.2) is 11.1 Å². The van der Waals surface area contributed by atoms with E-state index < -0.39 is 12.1 Å². The van der Waals surface area contributed by atoms with Crippen molar-refractivity contribution in [3.8, 4) is 0 Å². The third-order valence-corrected chi connectivity index (χ3v) is 2.33. The number of rotatable bonds is 4. The van der Waals surface area contributed by atoms with Gasteiger partial charge in [0.2, 0.25) is 0 Å². The van der Waals surface area contributed by atoms with Crippen molar-refractivity contribution in [2.24, 2.45) is 11.0 Å². The van der Waals surface area contributed by atoms with E-state index in [0.29, 0.717) is 0 Å². The average molecular weight is 205 g/mol. The molecule has 2 atom stereocenters. The van der Waals surface area contributed by atoms with Gasteiger partial charge in [-0.1, -0.05) is 49.3 Å². The van der Waals surface area contributed by atoms with Crippen LogP contribution in [0.5, 0.6) is 0 Å². The molecule has 0 aliphatic carbocycles. The van der Waals surface area contributed by atoms with E-state index in [-0.39, 0.29) is 5.92 Å². The average Bonchev–Trinajstić information content (AvgIpc) is 2.26. The number of aliphatic hydroxyl groups excluding tert-OH is 1. The van der Waals surface area contributed by atoms with Gasteiger partial charge in [0, 0.05) is 4.91 Å². The van der Waals surface area contributed by atoms with Gasteiger partial charge in [-0.2, -0.15) is 0 Å². The first-order valence-electron chi connectivity index (χ1n) is 4.94. The largest absolute Gasteiger partial charge is 0.388 e. The van der Waals surface area contributed by atoms with Gasteiger partial charge < -0.3 is 5.11 Å². The third-order valence-electron chi connectivity index (χ3n) is 2.33. The van der Waals surface area contributed by atoms with Crippen LogP contribution >= 0.6 is 0 Å². The fraction of sp³-hybridized carbons (Fsp3) is 0.455. The molecule has 2 unspecified atom stereocenters. The third kappa shape index (κ3) is 2.98. The summed E-state index contributed by atoms with van der Waals surface area (Å²) in [4.78, 5) is 2.77. The Hall–Kier alpha value is -1.51. The molecule has 0 radical (unpaired) electrons. The van der Waals surface area contributed by atoms with Crippen molar-refractivity contribution >= 4 is 0 Å². The van der Waals surface area contributed by atoms with E-state index in [1.54, 1.807) is 0 Å². The molecule has 15 heavy (non-hydrogen) atoms. The predicted octanol–water partition coefficient (Wildman–Crippen LogP) is 3.05. The maximum atomic E-state index is 10.0. The topological polar surface area (TPSA) is 69.0 Å². The molecule has 0 aliphatic heterocycles. The highest BCUT2D eigenvalue weighted by Crippen LogP contribution is 2.24. The molecular formula is C11H15N3O. The number of hydrogen-bond donors (Lipinski definition) is 1. The molecule has 4 nitrogen and oxygen atoms in total. The van der Waals surface area contributed by atoms with E-state index in [9.17, 15) is 5.11 Å². The summed E-state index contributed by atoms with van der Waals surface area (Å²) in [6, 6.07) is 8.82. The molecule has 0 aromatic heterocycles. The standard InChI is InChI=1S/C11H15N3O/c1-8(2)10(13-14-12)11(15)9-6-4-3-5-7-9/h3-8,10-11,15H,1-2H3. The van der Waals surface area contributed by atoms with Crippen LogP contribution in [0.4, 0.5) is 0 Å². The Morgan fingerprint density at radius 3 is 2.33 bits per heavy atom. The quantitative estimate of drug-likeness (QED) is 0.458. The minimum Gasteiger partial charge on any atom is -0.388 e. The summed E-state index contributed by atoms with van der Waals surface area (Å²) in [7, 11) is 0. The lowest BCUT2D eigenvalue weighted by Gasteiger charge is -2.21. The summed E-state index contributed by atoms with van der Waals surface area (Å²) >= 11 is 0. The number of hydrogen-bond acceptors (Lipinski definition) is 2. The SMILES string of the molecule is CC(C)C(N=[N+]=[N-])C(O)c1ccccc1. The lowest BCUT2D eigenvalue weighted by molar-refractivity contribution is 0.126. The molecule has 0 heterocycles. The van der Waals surface area contributed by atoms with Crippen LogP contribution in [0, 0.1) is 5.92 Å². The molecule has 0 spiro atoms. The number of benzene rings is 1. The Labute approximate surface area is 89.2 Å². The van der Waals surface area contributed by atoms with Gasteiger partial charge in [0.25, 0.3) is 0 Å². The fourth-order valence-electron chi connectivity index (χ4n) is 1.47. The summed E-state index contributed by atoms with van der Waals surface area (Å²) < 4.78 is 0. The lowest BCUT2D eigenvalue weighted by Crippen LogP contribution is -2.21. The van der Waals surface area contributed by atoms with Gasteiger partial charge in [-0.15, -0.1) is 0 Å². The van der Waals surface area contributed by atoms with Crippen molar-refractivity contribution in [3.05, 3.63) is 46.3 Å².